The zero-order chi connectivity index (χ0) is 23.2. The number of thioether (sulfide) groups is 1. The molecule has 0 fully saturated rings. The minimum Gasteiger partial charge on any atom is -0.322 e. The third kappa shape index (κ3) is 3.54. The number of para-hydroxylation sites is 3. The number of nitrogens with zero attached hydrogens (tertiary/aromatic N) is 5. The van der Waals surface area contributed by atoms with Crippen molar-refractivity contribution in [1.29, 1.82) is 0 Å². The van der Waals surface area contributed by atoms with Crippen molar-refractivity contribution in [2.75, 3.05) is 10.2 Å². The second-order valence-corrected chi connectivity index (χ2v) is 9.60. The van der Waals surface area contributed by atoms with E-state index in [1.165, 1.54) is 18.1 Å². The van der Waals surface area contributed by atoms with Crippen LogP contribution in [0.4, 0.5) is 11.4 Å². The maximum atomic E-state index is 13.6. The van der Waals surface area contributed by atoms with Crippen LogP contribution in [0.25, 0.3) is 16.7 Å². The number of hydrogen-bond acceptors (Lipinski definition) is 6. The molecule has 1 atom stereocenters. The number of carbonyl (C=O) groups is 2. The Bertz CT molecular complexity index is 1370. The third-order valence-electron chi connectivity index (χ3n) is 5.69. The summed E-state index contributed by atoms with van der Waals surface area (Å²) in [5, 5.41) is 8.31. The normalized spacial score (nSPS) is 15.7. The van der Waals surface area contributed by atoms with E-state index in [0.29, 0.717) is 22.0 Å². The Morgan fingerprint density at radius 3 is 2.58 bits per heavy atom. The summed E-state index contributed by atoms with van der Waals surface area (Å²) in [4.78, 5) is 36.8. The van der Waals surface area contributed by atoms with Crippen molar-refractivity contribution in [1.82, 2.24) is 19.7 Å². The van der Waals surface area contributed by atoms with Crippen LogP contribution in [0.1, 0.15) is 20.8 Å². The van der Waals surface area contributed by atoms with Gasteiger partial charge in [-0.2, -0.15) is 5.10 Å². The van der Waals surface area contributed by atoms with E-state index < -0.39 is 10.8 Å². The summed E-state index contributed by atoms with van der Waals surface area (Å²) in [6.07, 6.45) is 3.20. The van der Waals surface area contributed by atoms with Crippen molar-refractivity contribution in [2.24, 2.45) is 0 Å². The van der Waals surface area contributed by atoms with E-state index >= 15 is 0 Å². The number of rotatable bonds is 4. The van der Waals surface area contributed by atoms with E-state index in [4.69, 9.17) is 0 Å². The van der Waals surface area contributed by atoms with E-state index in [0.717, 1.165) is 11.1 Å². The fourth-order valence-electron chi connectivity index (χ4n) is 3.92. The lowest BCUT2D eigenvalue weighted by Crippen LogP contribution is -2.60. The fraction of sp³-hybridized carbons (Fsp3) is 0.208. The van der Waals surface area contributed by atoms with Gasteiger partial charge in [-0.1, -0.05) is 42.1 Å². The Morgan fingerprint density at radius 1 is 1.06 bits per heavy atom. The monoisotopic (exact) mass is 458 g/mol. The lowest BCUT2D eigenvalue weighted by Gasteiger charge is -2.43. The van der Waals surface area contributed by atoms with E-state index in [-0.39, 0.29) is 11.8 Å². The Labute approximate surface area is 195 Å². The lowest BCUT2D eigenvalue weighted by molar-refractivity contribution is -0.126. The third-order valence-corrected chi connectivity index (χ3v) is 6.80. The number of carbonyl (C=O) groups excluding carboxylic acids is 2. The standard InChI is InChI=1S/C24H22N6O2S/c1-15(22(31)29-19-12-8-7-11-18(19)28-23(32)24(29,2)3)33-21-17-13-27-30(20(17)25-14-26-21)16-9-5-4-6-10-16/h4-15H,1-3H3,(H,28,32)/t15-/m1/s1. The number of aromatic nitrogens is 4. The number of nitrogens with one attached hydrogen (secondary N) is 1. The maximum absolute atomic E-state index is 13.6. The molecular weight excluding hydrogens is 436 g/mol. The summed E-state index contributed by atoms with van der Waals surface area (Å²) < 4.78 is 1.75. The van der Waals surface area contributed by atoms with Gasteiger partial charge in [0.25, 0.3) is 0 Å². The molecule has 1 aliphatic rings. The minimum atomic E-state index is -1.03. The highest BCUT2D eigenvalue weighted by atomic mass is 32.2. The topological polar surface area (TPSA) is 93.0 Å². The van der Waals surface area contributed by atoms with Gasteiger partial charge in [-0.05, 0) is 45.0 Å². The number of fused-ring (bicyclic) bond motifs is 2. The molecule has 0 unspecified atom stereocenters. The van der Waals surface area contributed by atoms with Gasteiger partial charge in [-0.3, -0.25) is 14.5 Å². The predicted molar refractivity (Wildman–Crippen MR) is 129 cm³/mol. The SMILES string of the molecule is C[C@@H](Sc1ncnc2c1cnn2-c1ccccc1)C(=O)N1c2ccccc2NC(=O)C1(C)C. The summed E-state index contributed by atoms with van der Waals surface area (Å²) in [5.74, 6) is -0.394. The first-order valence-corrected chi connectivity index (χ1v) is 11.4. The molecule has 166 valence electrons. The average Bonchev–Trinajstić information content (AvgIpc) is 3.25. The number of amides is 2. The number of benzene rings is 2. The van der Waals surface area contributed by atoms with Crippen molar-refractivity contribution in [3.8, 4) is 5.69 Å². The van der Waals surface area contributed by atoms with Gasteiger partial charge < -0.3 is 5.32 Å². The van der Waals surface area contributed by atoms with Crippen LogP contribution in [-0.4, -0.2) is 42.4 Å². The molecule has 0 bridgehead atoms. The molecule has 9 heteroatoms. The first-order valence-electron chi connectivity index (χ1n) is 10.5. The Hall–Kier alpha value is -3.72. The fourth-order valence-corrected chi connectivity index (χ4v) is 4.84. The van der Waals surface area contributed by atoms with Gasteiger partial charge in [0.1, 0.15) is 16.9 Å². The van der Waals surface area contributed by atoms with Crippen LogP contribution in [0.2, 0.25) is 0 Å². The van der Waals surface area contributed by atoms with Gasteiger partial charge in [0, 0.05) is 0 Å². The average molecular weight is 459 g/mol. The molecule has 1 N–H and O–H groups in total. The van der Waals surface area contributed by atoms with Gasteiger partial charge in [-0.25, -0.2) is 14.6 Å². The van der Waals surface area contributed by atoms with Crippen LogP contribution >= 0.6 is 11.8 Å². The van der Waals surface area contributed by atoms with Crippen molar-refractivity contribution >= 4 is 46.0 Å². The molecule has 5 rings (SSSR count). The van der Waals surface area contributed by atoms with Crippen LogP contribution in [0, 0.1) is 0 Å². The van der Waals surface area contributed by atoms with E-state index in [1.54, 1.807) is 35.7 Å². The van der Waals surface area contributed by atoms with Crippen LogP contribution < -0.4 is 10.2 Å². The van der Waals surface area contributed by atoms with Crippen LogP contribution in [-0.2, 0) is 9.59 Å². The molecule has 2 amide bonds. The van der Waals surface area contributed by atoms with E-state index in [9.17, 15) is 9.59 Å². The summed E-state index contributed by atoms with van der Waals surface area (Å²) in [5.41, 5.74) is 1.84. The van der Waals surface area contributed by atoms with E-state index in [2.05, 4.69) is 20.4 Å². The molecular formula is C24H22N6O2S. The Balaban J connectivity index is 1.48. The van der Waals surface area contributed by atoms with Gasteiger partial charge in [0.2, 0.25) is 11.8 Å². The van der Waals surface area contributed by atoms with Gasteiger partial charge >= 0.3 is 0 Å². The molecule has 0 aliphatic carbocycles. The largest absolute Gasteiger partial charge is 0.322 e. The summed E-state index contributed by atoms with van der Waals surface area (Å²) in [7, 11) is 0. The molecule has 33 heavy (non-hydrogen) atoms. The summed E-state index contributed by atoms with van der Waals surface area (Å²) in [6, 6.07) is 17.1. The van der Waals surface area contributed by atoms with Crippen molar-refractivity contribution in [2.45, 2.75) is 36.6 Å². The minimum absolute atomic E-state index is 0.172. The molecule has 4 aromatic rings. The van der Waals surface area contributed by atoms with Crippen LogP contribution in [0.15, 0.2) is 72.1 Å². The second kappa shape index (κ2) is 8.00. The van der Waals surface area contributed by atoms with Crippen LogP contribution in [0.3, 0.4) is 0 Å². The highest BCUT2D eigenvalue weighted by Gasteiger charge is 2.44. The molecule has 2 aromatic heterocycles. The second-order valence-electron chi connectivity index (χ2n) is 8.27. The Morgan fingerprint density at radius 2 is 1.79 bits per heavy atom. The molecule has 0 spiro atoms. The predicted octanol–water partition coefficient (Wildman–Crippen LogP) is 4.06. The molecule has 0 saturated heterocycles. The zero-order valence-corrected chi connectivity index (χ0v) is 19.2. The smallest absolute Gasteiger partial charge is 0.250 e. The van der Waals surface area contributed by atoms with Gasteiger partial charge in [0.15, 0.2) is 5.65 Å². The number of anilines is 2. The summed E-state index contributed by atoms with van der Waals surface area (Å²) in [6.45, 7) is 5.33. The molecule has 0 saturated carbocycles. The quantitative estimate of drug-likeness (QED) is 0.366. The maximum Gasteiger partial charge on any atom is 0.250 e. The van der Waals surface area contributed by atoms with Crippen molar-refractivity contribution < 1.29 is 9.59 Å². The Kier molecular flexibility index (Phi) is 5.13. The first kappa shape index (κ1) is 21.1. The molecule has 1 aliphatic heterocycles. The van der Waals surface area contributed by atoms with Crippen LogP contribution in [0.5, 0.6) is 0 Å². The van der Waals surface area contributed by atoms with E-state index in [1.807, 2.05) is 55.5 Å². The van der Waals surface area contributed by atoms with Crippen molar-refractivity contribution in [3.05, 3.63) is 67.1 Å². The highest BCUT2D eigenvalue weighted by Crippen LogP contribution is 2.39. The highest BCUT2D eigenvalue weighted by molar-refractivity contribution is 8.00. The van der Waals surface area contributed by atoms with Gasteiger partial charge in [-0.15, -0.1) is 0 Å². The molecule has 3 heterocycles. The molecule has 2 aromatic carbocycles. The zero-order valence-electron chi connectivity index (χ0n) is 18.4. The molecule has 8 nitrogen and oxygen atoms in total. The van der Waals surface area contributed by atoms with Gasteiger partial charge in [0.05, 0.1) is 33.9 Å². The summed E-state index contributed by atoms with van der Waals surface area (Å²) >= 11 is 1.33. The first-order chi connectivity index (χ1) is 15.9. The number of hydrogen-bond donors (Lipinski definition) is 1. The lowest BCUT2D eigenvalue weighted by atomic mass is 9.96. The molecule has 0 radical (unpaired) electrons. The van der Waals surface area contributed by atoms with Crippen molar-refractivity contribution in [3.63, 3.8) is 0 Å².